The van der Waals surface area contributed by atoms with Crippen molar-refractivity contribution < 1.29 is 14.4 Å². The van der Waals surface area contributed by atoms with E-state index in [1.54, 1.807) is 36.4 Å². The van der Waals surface area contributed by atoms with Gasteiger partial charge in [-0.1, -0.05) is 12.1 Å². The maximum atomic E-state index is 13.6. The lowest BCUT2D eigenvalue weighted by atomic mass is 10.1. The Bertz CT molecular complexity index is 2010. The summed E-state index contributed by atoms with van der Waals surface area (Å²) < 4.78 is 0. The molecule has 0 saturated carbocycles. The highest BCUT2D eigenvalue weighted by molar-refractivity contribution is 6.14. The first-order valence-corrected chi connectivity index (χ1v) is 16.0. The highest BCUT2D eigenvalue weighted by Crippen LogP contribution is 2.23. The number of nitrogens with zero attached hydrogens (tertiary/aromatic N) is 3. The van der Waals surface area contributed by atoms with Crippen LogP contribution < -0.4 is 37.2 Å². The van der Waals surface area contributed by atoms with Crippen LogP contribution in [0.4, 0.5) is 27.5 Å². The van der Waals surface area contributed by atoms with E-state index in [0.717, 1.165) is 66.9 Å². The molecule has 0 aliphatic carbocycles. The maximum Gasteiger partial charge on any atom is 0.323 e. The molecule has 254 valence electrons. The maximum absolute atomic E-state index is 13.6. The van der Waals surface area contributed by atoms with Crippen molar-refractivity contribution in [2.24, 2.45) is 15.0 Å². The Morgan fingerprint density at radius 1 is 0.520 bits per heavy atom. The quantitative estimate of drug-likeness (QED) is 0.138. The number of aliphatic imine (C=N–C) groups is 3. The van der Waals surface area contributed by atoms with Crippen LogP contribution in [0.15, 0.2) is 106 Å². The second-order valence-corrected chi connectivity index (χ2v) is 11.5. The van der Waals surface area contributed by atoms with Crippen molar-refractivity contribution in [2.75, 3.05) is 60.5 Å². The summed E-state index contributed by atoms with van der Waals surface area (Å²) >= 11 is 0. The Labute approximate surface area is 294 Å². The normalized spacial score (nSPS) is 14.4. The van der Waals surface area contributed by atoms with Gasteiger partial charge in [-0.05, 0) is 78.9 Å². The van der Waals surface area contributed by atoms with Gasteiger partial charge < -0.3 is 37.2 Å². The number of carbonyl (C=O) groups is 3. The summed E-state index contributed by atoms with van der Waals surface area (Å²) in [5.74, 6) is 1.54. The molecule has 0 aromatic heterocycles. The average Bonchev–Trinajstić information content (AvgIpc) is 3.94. The molecule has 0 bridgehead atoms. The molecule has 13 nitrogen and oxygen atoms in total. The van der Waals surface area contributed by atoms with Crippen LogP contribution in [0, 0.1) is 0 Å². The number of halogens is 1. The van der Waals surface area contributed by atoms with Gasteiger partial charge in [0.05, 0.1) is 30.9 Å². The summed E-state index contributed by atoms with van der Waals surface area (Å²) in [6.07, 6.45) is 0. The van der Waals surface area contributed by atoms with E-state index in [-0.39, 0.29) is 29.2 Å². The first-order chi connectivity index (χ1) is 24.0. The van der Waals surface area contributed by atoms with Gasteiger partial charge in [0.25, 0.3) is 11.8 Å². The number of hydrogen-bond donors (Lipinski definition) is 7. The molecule has 3 heterocycles. The van der Waals surface area contributed by atoms with Crippen molar-refractivity contribution in [3.8, 4) is 0 Å². The van der Waals surface area contributed by atoms with E-state index in [1.807, 2.05) is 42.5 Å². The number of benzene rings is 4. The zero-order valence-corrected chi connectivity index (χ0v) is 27.7. The van der Waals surface area contributed by atoms with Gasteiger partial charge in [-0.25, -0.2) is 4.79 Å². The molecule has 0 saturated heterocycles. The molecule has 4 aromatic rings. The van der Waals surface area contributed by atoms with E-state index in [0.29, 0.717) is 23.6 Å². The number of hydrogen-bond acceptors (Lipinski definition) is 9. The highest BCUT2D eigenvalue weighted by Gasteiger charge is 2.19. The van der Waals surface area contributed by atoms with E-state index < -0.39 is 17.8 Å². The SMILES string of the molecule is Cl.O=C(Nc1cccc(C2=NCCN2)c1)Nc1cc(C(=O)Nc2ccc(C3=NCCN3)cc2)ccc1C(=O)Nc1ccc(C2=NCCN2)cc1. The van der Waals surface area contributed by atoms with Gasteiger partial charge in [0.15, 0.2) is 0 Å². The summed E-state index contributed by atoms with van der Waals surface area (Å²) in [6, 6.07) is 25.9. The summed E-state index contributed by atoms with van der Waals surface area (Å²) in [4.78, 5) is 53.5. The predicted octanol–water partition coefficient (Wildman–Crippen LogP) is 4.31. The van der Waals surface area contributed by atoms with E-state index in [1.165, 1.54) is 12.1 Å². The van der Waals surface area contributed by atoms with Gasteiger partial charge in [-0.15, -0.1) is 12.4 Å². The van der Waals surface area contributed by atoms with Crippen LogP contribution in [0.2, 0.25) is 0 Å². The molecule has 3 aliphatic rings. The molecule has 0 atom stereocenters. The molecule has 4 aromatic carbocycles. The smallest absolute Gasteiger partial charge is 0.323 e. The lowest BCUT2D eigenvalue weighted by molar-refractivity contribution is 0.101. The van der Waals surface area contributed by atoms with Crippen molar-refractivity contribution in [1.82, 2.24) is 16.0 Å². The largest absolute Gasteiger partial charge is 0.368 e. The van der Waals surface area contributed by atoms with Crippen LogP contribution in [0.25, 0.3) is 0 Å². The fraction of sp³-hybridized carbons (Fsp3) is 0.167. The molecule has 0 radical (unpaired) electrons. The minimum Gasteiger partial charge on any atom is -0.368 e. The summed E-state index contributed by atoms with van der Waals surface area (Å²) in [5, 5.41) is 21.1. The van der Waals surface area contributed by atoms with Crippen LogP contribution in [-0.4, -0.2) is 74.6 Å². The monoisotopic (exact) mass is 690 g/mol. The van der Waals surface area contributed by atoms with Gasteiger partial charge in [-0.3, -0.25) is 24.6 Å². The first-order valence-electron chi connectivity index (χ1n) is 16.0. The first kappa shape index (κ1) is 33.7. The molecule has 4 amide bonds. The fourth-order valence-electron chi connectivity index (χ4n) is 5.61. The third-order valence-corrected chi connectivity index (χ3v) is 8.02. The highest BCUT2D eigenvalue weighted by atomic mass is 35.5. The summed E-state index contributed by atoms with van der Waals surface area (Å²) in [6.45, 7) is 4.51. The van der Waals surface area contributed by atoms with Gasteiger partial charge in [0.2, 0.25) is 0 Å². The number of amidine groups is 3. The average molecular weight is 691 g/mol. The molecular weight excluding hydrogens is 656 g/mol. The van der Waals surface area contributed by atoms with Crippen LogP contribution in [-0.2, 0) is 0 Å². The second kappa shape index (κ2) is 15.3. The van der Waals surface area contributed by atoms with Crippen molar-refractivity contribution >= 4 is 70.5 Å². The Morgan fingerprint density at radius 3 is 1.60 bits per heavy atom. The standard InChI is InChI=1S/C36H34N10O3.ClH/c47-34(43-26-9-4-22(5-10-26)31-37-14-15-38-31)25-8-13-29(35(48)44-27-11-6-23(7-12-27)32-39-16-17-40-32)30(21-25)46-36(49)45-28-3-1-2-24(20-28)33-41-18-19-42-33;/h1-13,20-21H,14-19H2,(H,37,38)(H,39,40)(H,41,42)(H,43,47)(H,44,48)(H2,45,46,49);1H. The molecule has 0 spiro atoms. The summed E-state index contributed by atoms with van der Waals surface area (Å²) in [7, 11) is 0. The van der Waals surface area contributed by atoms with Gasteiger partial charge in [-0.2, -0.15) is 0 Å². The van der Waals surface area contributed by atoms with E-state index >= 15 is 0 Å². The Balaban J connectivity index is 0.00000432. The van der Waals surface area contributed by atoms with Crippen LogP contribution >= 0.6 is 12.4 Å². The van der Waals surface area contributed by atoms with Crippen molar-refractivity contribution in [3.05, 3.63) is 119 Å². The molecule has 0 fully saturated rings. The molecule has 7 rings (SSSR count). The summed E-state index contributed by atoms with van der Waals surface area (Å²) in [5.41, 5.74) is 4.96. The minimum absolute atomic E-state index is 0. The fourth-order valence-corrected chi connectivity index (χ4v) is 5.61. The lowest BCUT2D eigenvalue weighted by Gasteiger charge is -2.15. The van der Waals surface area contributed by atoms with Crippen LogP contribution in [0.1, 0.15) is 37.4 Å². The van der Waals surface area contributed by atoms with E-state index in [9.17, 15) is 14.4 Å². The number of amides is 4. The number of rotatable bonds is 9. The number of anilines is 4. The van der Waals surface area contributed by atoms with E-state index in [2.05, 4.69) is 52.2 Å². The van der Waals surface area contributed by atoms with Gasteiger partial charge in [0, 0.05) is 59.0 Å². The van der Waals surface area contributed by atoms with Crippen molar-refractivity contribution in [2.45, 2.75) is 0 Å². The molecule has 3 aliphatic heterocycles. The third-order valence-electron chi connectivity index (χ3n) is 8.02. The van der Waals surface area contributed by atoms with E-state index in [4.69, 9.17) is 0 Å². The molecular formula is C36H35ClN10O3. The van der Waals surface area contributed by atoms with Crippen molar-refractivity contribution in [3.63, 3.8) is 0 Å². The second-order valence-electron chi connectivity index (χ2n) is 11.5. The molecule has 7 N–H and O–H groups in total. The molecule has 50 heavy (non-hydrogen) atoms. The third kappa shape index (κ3) is 7.90. The van der Waals surface area contributed by atoms with Crippen molar-refractivity contribution in [1.29, 1.82) is 0 Å². The van der Waals surface area contributed by atoms with Crippen LogP contribution in [0.3, 0.4) is 0 Å². The number of carbonyl (C=O) groups excluding carboxylic acids is 3. The zero-order chi connectivity index (χ0) is 33.6. The molecule has 14 heteroatoms. The topological polar surface area (TPSA) is 173 Å². The van der Waals surface area contributed by atoms with Crippen LogP contribution in [0.5, 0.6) is 0 Å². The number of nitrogens with one attached hydrogen (secondary N) is 7. The minimum atomic E-state index is -0.585. The lowest BCUT2D eigenvalue weighted by Crippen LogP contribution is -2.24. The Kier molecular flexibility index (Phi) is 10.3. The predicted molar refractivity (Wildman–Crippen MR) is 200 cm³/mol. The Morgan fingerprint density at radius 2 is 1.06 bits per heavy atom. The zero-order valence-electron chi connectivity index (χ0n) is 26.9. The molecule has 0 unspecified atom stereocenters. The Hall–Kier alpha value is -6.21. The van der Waals surface area contributed by atoms with Gasteiger partial charge in [0.1, 0.15) is 17.5 Å². The van der Waals surface area contributed by atoms with Gasteiger partial charge >= 0.3 is 6.03 Å². The number of urea groups is 1.